The molecule has 7 heteroatoms. The van der Waals surface area contributed by atoms with Crippen LogP contribution in [-0.4, -0.2) is 42.1 Å². The van der Waals surface area contributed by atoms with Gasteiger partial charge in [-0.15, -0.1) is 0 Å². The van der Waals surface area contributed by atoms with Gasteiger partial charge in [0.1, 0.15) is 11.6 Å². The Hall–Kier alpha value is -1.65. The molecule has 1 aliphatic rings. The van der Waals surface area contributed by atoms with E-state index in [1.807, 2.05) is 4.90 Å². The Morgan fingerprint density at radius 1 is 1.50 bits per heavy atom. The fourth-order valence-corrected chi connectivity index (χ4v) is 3.51. The molecule has 0 bridgehead atoms. The third-order valence-corrected chi connectivity index (χ3v) is 4.70. The molecule has 0 saturated carbocycles. The number of hydrogen-bond acceptors (Lipinski definition) is 5. The molecule has 118 valence electrons. The number of methoxy groups -OCH3 is 1. The molecular weight excluding hydrogens is 310 g/mol. The fourth-order valence-electron chi connectivity index (χ4n) is 2.38. The minimum atomic E-state index is -0.730. The Balaban J connectivity index is 2.17. The van der Waals surface area contributed by atoms with Crippen LogP contribution in [0.1, 0.15) is 17.5 Å². The van der Waals surface area contributed by atoms with E-state index in [-0.39, 0.29) is 36.1 Å². The van der Waals surface area contributed by atoms with Crippen molar-refractivity contribution in [3.63, 3.8) is 0 Å². The maximum atomic E-state index is 14.0. The molecular formula is C15H16F2N2O2S. The molecule has 1 saturated heterocycles. The number of nitriles is 1. The van der Waals surface area contributed by atoms with Gasteiger partial charge in [-0.3, -0.25) is 9.69 Å². The van der Waals surface area contributed by atoms with Crippen LogP contribution in [0.2, 0.25) is 0 Å². The minimum absolute atomic E-state index is 0.0425. The standard InChI is InChI=1S/C15H16F2N2O2S/c1-21-15(20)6-11-9-22-3-2-19(11)8-12-13(16)4-10(7-18)5-14(12)17/h4-5,11H,2-3,6,8-9H2,1H3/t11-/m0/s1. The second-order valence-corrected chi connectivity index (χ2v) is 6.16. The van der Waals surface area contributed by atoms with Gasteiger partial charge in [-0.05, 0) is 12.1 Å². The lowest BCUT2D eigenvalue weighted by atomic mass is 10.1. The number of halogens is 2. The van der Waals surface area contributed by atoms with Gasteiger partial charge in [-0.25, -0.2) is 8.78 Å². The number of esters is 1. The van der Waals surface area contributed by atoms with E-state index in [9.17, 15) is 13.6 Å². The Morgan fingerprint density at radius 3 is 2.77 bits per heavy atom. The van der Waals surface area contributed by atoms with Crippen LogP contribution in [0.25, 0.3) is 0 Å². The molecule has 0 unspecified atom stereocenters. The van der Waals surface area contributed by atoms with Crippen LogP contribution in [0.4, 0.5) is 8.78 Å². The molecule has 1 heterocycles. The largest absolute Gasteiger partial charge is 0.469 e. The first-order valence-electron chi connectivity index (χ1n) is 6.81. The summed E-state index contributed by atoms with van der Waals surface area (Å²) in [7, 11) is 1.32. The number of carbonyl (C=O) groups excluding carboxylic acids is 1. The summed E-state index contributed by atoms with van der Waals surface area (Å²) in [6.07, 6.45) is 0.197. The average Bonchev–Trinajstić information content (AvgIpc) is 2.51. The van der Waals surface area contributed by atoms with Crippen molar-refractivity contribution in [1.29, 1.82) is 5.26 Å². The molecule has 1 fully saturated rings. The summed E-state index contributed by atoms with van der Waals surface area (Å²) < 4.78 is 32.7. The summed E-state index contributed by atoms with van der Waals surface area (Å²) in [6.45, 7) is 0.719. The lowest BCUT2D eigenvalue weighted by molar-refractivity contribution is -0.141. The Labute approximate surface area is 132 Å². The SMILES string of the molecule is COC(=O)C[C@H]1CSCCN1Cc1c(F)cc(C#N)cc1F. The van der Waals surface area contributed by atoms with E-state index < -0.39 is 11.6 Å². The van der Waals surface area contributed by atoms with Crippen LogP contribution in [0, 0.1) is 23.0 Å². The highest BCUT2D eigenvalue weighted by atomic mass is 32.2. The summed E-state index contributed by atoms with van der Waals surface area (Å²) in [6, 6.07) is 3.68. The summed E-state index contributed by atoms with van der Waals surface area (Å²) >= 11 is 1.70. The predicted octanol–water partition coefficient (Wildman–Crippen LogP) is 2.32. The van der Waals surface area contributed by atoms with Crippen molar-refractivity contribution in [1.82, 2.24) is 4.90 Å². The number of carbonyl (C=O) groups is 1. The third-order valence-electron chi connectivity index (χ3n) is 3.61. The summed E-state index contributed by atoms with van der Waals surface area (Å²) in [5.74, 6) is -0.234. The zero-order chi connectivity index (χ0) is 16.1. The molecule has 0 aromatic heterocycles. The van der Waals surface area contributed by atoms with Crippen LogP contribution in [0.3, 0.4) is 0 Å². The maximum absolute atomic E-state index is 14.0. The van der Waals surface area contributed by atoms with E-state index in [2.05, 4.69) is 4.74 Å². The van der Waals surface area contributed by atoms with E-state index in [4.69, 9.17) is 5.26 Å². The molecule has 0 aliphatic carbocycles. The zero-order valence-corrected chi connectivity index (χ0v) is 13.0. The number of ether oxygens (including phenoxy) is 1. The Bertz CT molecular complexity index is 581. The summed E-state index contributed by atoms with van der Waals surface area (Å²) in [5, 5.41) is 8.72. The lowest BCUT2D eigenvalue weighted by Crippen LogP contribution is -2.43. The number of rotatable bonds is 4. The topological polar surface area (TPSA) is 53.3 Å². The van der Waals surface area contributed by atoms with Crippen molar-refractivity contribution >= 4 is 17.7 Å². The molecule has 2 rings (SSSR count). The van der Waals surface area contributed by atoms with Crippen LogP contribution < -0.4 is 0 Å². The molecule has 0 N–H and O–H groups in total. The van der Waals surface area contributed by atoms with E-state index >= 15 is 0 Å². The Kier molecular flexibility index (Phi) is 5.75. The number of thioether (sulfide) groups is 1. The third kappa shape index (κ3) is 3.96. The smallest absolute Gasteiger partial charge is 0.307 e. The van der Waals surface area contributed by atoms with Crippen molar-refractivity contribution in [2.24, 2.45) is 0 Å². The summed E-state index contributed by atoms with van der Waals surface area (Å²) in [4.78, 5) is 13.3. The average molecular weight is 326 g/mol. The van der Waals surface area contributed by atoms with Crippen LogP contribution in [0.5, 0.6) is 0 Å². The van der Waals surface area contributed by atoms with Crippen molar-refractivity contribution in [3.05, 3.63) is 34.9 Å². The van der Waals surface area contributed by atoms with Crippen molar-refractivity contribution < 1.29 is 18.3 Å². The van der Waals surface area contributed by atoms with Gasteiger partial charge in [0.15, 0.2) is 0 Å². The molecule has 0 radical (unpaired) electrons. The fraction of sp³-hybridized carbons (Fsp3) is 0.467. The van der Waals surface area contributed by atoms with Crippen LogP contribution in [-0.2, 0) is 16.1 Å². The van der Waals surface area contributed by atoms with E-state index in [0.29, 0.717) is 12.3 Å². The van der Waals surface area contributed by atoms with Crippen LogP contribution >= 0.6 is 11.8 Å². The normalized spacial score (nSPS) is 18.7. The van der Waals surface area contributed by atoms with Crippen molar-refractivity contribution in [3.8, 4) is 6.07 Å². The molecule has 22 heavy (non-hydrogen) atoms. The second-order valence-electron chi connectivity index (χ2n) is 5.01. The second kappa shape index (κ2) is 7.56. The van der Waals surface area contributed by atoms with Crippen molar-refractivity contribution in [2.45, 2.75) is 19.0 Å². The molecule has 4 nitrogen and oxygen atoms in total. The monoisotopic (exact) mass is 326 g/mol. The van der Waals surface area contributed by atoms with Gasteiger partial charge in [0.05, 0.1) is 25.2 Å². The van der Waals surface area contributed by atoms with Gasteiger partial charge >= 0.3 is 5.97 Å². The first kappa shape index (κ1) is 16.7. The molecule has 1 aromatic carbocycles. The van der Waals surface area contributed by atoms with Crippen molar-refractivity contribution in [2.75, 3.05) is 25.2 Å². The van der Waals surface area contributed by atoms with Gasteiger partial charge in [0.2, 0.25) is 0 Å². The zero-order valence-electron chi connectivity index (χ0n) is 12.1. The number of hydrogen-bond donors (Lipinski definition) is 0. The highest BCUT2D eigenvalue weighted by molar-refractivity contribution is 7.99. The molecule has 0 spiro atoms. The minimum Gasteiger partial charge on any atom is -0.469 e. The van der Waals surface area contributed by atoms with Gasteiger partial charge in [0, 0.05) is 36.2 Å². The Morgan fingerprint density at radius 2 is 2.18 bits per heavy atom. The highest BCUT2D eigenvalue weighted by Crippen LogP contribution is 2.24. The van der Waals surface area contributed by atoms with Gasteiger partial charge < -0.3 is 4.74 Å². The quantitative estimate of drug-likeness (QED) is 0.795. The predicted molar refractivity (Wildman–Crippen MR) is 79.2 cm³/mol. The molecule has 1 atom stereocenters. The first-order valence-corrected chi connectivity index (χ1v) is 7.97. The number of nitrogens with zero attached hydrogens (tertiary/aromatic N) is 2. The number of benzene rings is 1. The molecule has 0 amide bonds. The van der Waals surface area contributed by atoms with Gasteiger partial charge in [0.25, 0.3) is 0 Å². The maximum Gasteiger partial charge on any atom is 0.307 e. The first-order chi connectivity index (χ1) is 10.5. The van der Waals surface area contributed by atoms with E-state index in [0.717, 1.165) is 17.9 Å². The molecule has 1 aliphatic heterocycles. The summed E-state index contributed by atoms with van der Waals surface area (Å²) in [5.41, 5.74) is -0.111. The van der Waals surface area contributed by atoms with E-state index in [1.54, 1.807) is 17.8 Å². The van der Waals surface area contributed by atoms with Crippen LogP contribution in [0.15, 0.2) is 12.1 Å². The molecule has 1 aromatic rings. The lowest BCUT2D eigenvalue weighted by Gasteiger charge is -2.34. The van der Waals surface area contributed by atoms with Gasteiger partial charge in [-0.2, -0.15) is 17.0 Å². The van der Waals surface area contributed by atoms with E-state index in [1.165, 1.54) is 7.11 Å². The van der Waals surface area contributed by atoms with Gasteiger partial charge in [-0.1, -0.05) is 0 Å². The highest BCUT2D eigenvalue weighted by Gasteiger charge is 2.27.